The average molecular weight is 210 g/mol. The molecule has 0 amide bonds. The van der Waals surface area contributed by atoms with E-state index in [1.807, 2.05) is 0 Å². The number of aliphatic carboxylic acids is 1. The number of hydrogen-bond acceptors (Lipinski definition) is 3. The number of carboxylic acid groups (broad SMARTS) is 1. The van der Waals surface area contributed by atoms with Gasteiger partial charge in [-0.15, -0.1) is 0 Å². The van der Waals surface area contributed by atoms with E-state index in [0.29, 0.717) is 10.4 Å². The van der Waals surface area contributed by atoms with E-state index < -0.39 is 11.4 Å². The van der Waals surface area contributed by atoms with Gasteiger partial charge in [0.2, 0.25) is 6.20 Å². The van der Waals surface area contributed by atoms with Crippen molar-refractivity contribution in [3.8, 4) is 0 Å². The Labute approximate surface area is 88.0 Å². The van der Waals surface area contributed by atoms with Crippen LogP contribution in [0.25, 0.3) is 0 Å². The van der Waals surface area contributed by atoms with Gasteiger partial charge in [0.05, 0.1) is 11.6 Å². The van der Waals surface area contributed by atoms with Crippen LogP contribution in [-0.4, -0.2) is 16.1 Å². The zero-order valence-electron chi connectivity index (χ0n) is 8.97. The largest absolute Gasteiger partial charge is 0.619 e. The molecule has 0 radical (unpaired) electrons. The molecular formula is C10H14N2O3. The Hall–Kier alpha value is -1.65. The number of carboxylic acids is 1. The zero-order chi connectivity index (χ0) is 11.6. The van der Waals surface area contributed by atoms with E-state index in [-0.39, 0.29) is 5.92 Å². The fourth-order valence-electron chi connectivity index (χ4n) is 1.17. The Morgan fingerprint density at radius 3 is 2.73 bits per heavy atom. The fourth-order valence-corrected chi connectivity index (χ4v) is 1.17. The summed E-state index contributed by atoms with van der Waals surface area (Å²) in [6.45, 7) is 4.98. The maximum atomic E-state index is 11.0. The molecule has 0 aliphatic heterocycles. The first-order valence-corrected chi connectivity index (χ1v) is 4.64. The fraction of sp³-hybridized carbons (Fsp3) is 0.500. The lowest BCUT2D eigenvalue weighted by molar-refractivity contribution is -0.606. The minimum absolute atomic E-state index is 0.323. The van der Waals surface area contributed by atoms with E-state index >= 15 is 0 Å². The number of rotatable bonds is 3. The van der Waals surface area contributed by atoms with Crippen molar-refractivity contribution in [2.45, 2.75) is 26.7 Å². The number of carbonyl (C=O) groups is 1. The van der Waals surface area contributed by atoms with Gasteiger partial charge in [-0.1, -0.05) is 6.92 Å². The van der Waals surface area contributed by atoms with Gasteiger partial charge in [0, 0.05) is 5.92 Å². The van der Waals surface area contributed by atoms with Crippen LogP contribution in [0, 0.1) is 10.6 Å². The van der Waals surface area contributed by atoms with E-state index in [9.17, 15) is 10.0 Å². The maximum absolute atomic E-state index is 11.0. The Kier molecular flexibility index (Phi) is 2.93. The molecule has 0 saturated heterocycles. The Bertz CT molecular complexity index is 377. The van der Waals surface area contributed by atoms with Gasteiger partial charge in [0.25, 0.3) is 0 Å². The molecule has 5 heteroatoms. The zero-order valence-corrected chi connectivity index (χ0v) is 8.97. The summed E-state index contributed by atoms with van der Waals surface area (Å²) >= 11 is 0. The smallest absolute Gasteiger partial charge is 0.309 e. The molecule has 1 N–H and O–H groups in total. The third-order valence-electron chi connectivity index (χ3n) is 2.77. The van der Waals surface area contributed by atoms with Gasteiger partial charge in [0.1, 0.15) is 5.69 Å². The lowest BCUT2D eigenvalue weighted by Crippen LogP contribution is -2.33. The van der Waals surface area contributed by atoms with Gasteiger partial charge in [-0.2, -0.15) is 4.73 Å². The van der Waals surface area contributed by atoms with Gasteiger partial charge < -0.3 is 10.3 Å². The Morgan fingerprint density at radius 2 is 2.27 bits per heavy atom. The van der Waals surface area contributed by atoms with E-state index in [4.69, 9.17) is 5.11 Å². The molecule has 82 valence electrons. The minimum Gasteiger partial charge on any atom is -0.619 e. The molecule has 1 unspecified atom stereocenters. The summed E-state index contributed by atoms with van der Waals surface area (Å²) in [4.78, 5) is 15.0. The van der Waals surface area contributed by atoms with Crippen molar-refractivity contribution in [2.75, 3.05) is 0 Å². The molecule has 0 aliphatic carbocycles. The molecule has 0 saturated carbocycles. The van der Waals surface area contributed by atoms with Crippen LogP contribution in [0.5, 0.6) is 0 Å². The van der Waals surface area contributed by atoms with Gasteiger partial charge in [-0.05, 0) is 13.8 Å². The van der Waals surface area contributed by atoms with Crippen molar-refractivity contribution in [3.05, 3.63) is 29.5 Å². The quantitative estimate of drug-likeness (QED) is 0.594. The van der Waals surface area contributed by atoms with Crippen LogP contribution in [0.4, 0.5) is 0 Å². The molecule has 0 fully saturated rings. The van der Waals surface area contributed by atoms with E-state index in [0.717, 1.165) is 0 Å². The summed E-state index contributed by atoms with van der Waals surface area (Å²) < 4.78 is 0.622. The van der Waals surface area contributed by atoms with Gasteiger partial charge in [0.15, 0.2) is 6.20 Å². The highest BCUT2D eigenvalue weighted by atomic mass is 16.5. The SMILES string of the molecule is CC(c1c[n+]([O-])ccn1)C(C)(C)C(=O)O. The number of nitrogens with zero attached hydrogens (tertiary/aromatic N) is 2. The van der Waals surface area contributed by atoms with Crippen LogP contribution in [0.3, 0.4) is 0 Å². The van der Waals surface area contributed by atoms with E-state index in [1.54, 1.807) is 20.8 Å². The number of aromatic nitrogens is 2. The summed E-state index contributed by atoms with van der Waals surface area (Å²) in [7, 11) is 0. The molecule has 0 bridgehead atoms. The van der Waals surface area contributed by atoms with E-state index in [2.05, 4.69) is 4.98 Å². The lowest BCUT2D eigenvalue weighted by atomic mass is 9.78. The summed E-state index contributed by atoms with van der Waals surface area (Å²) in [6.07, 6.45) is 3.94. The molecule has 15 heavy (non-hydrogen) atoms. The highest BCUT2D eigenvalue weighted by molar-refractivity contribution is 5.74. The monoisotopic (exact) mass is 210 g/mol. The van der Waals surface area contributed by atoms with Crippen molar-refractivity contribution in [2.24, 2.45) is 5.41 Å². The van der Waals surface area contributed by atoms with Crippen LogP contribution >= 0.6 is 0 Å². The maximum Gasteiger partial charge on any atom is 0.309 e. The molecule has 0 aliphatic rings. The molecule has 0 spiro atoms. The molecule has 0 aromatic carbocycles. The van der Waals surface area contributed by atoms with Crippen LogP contribution in [-0.2, 0) is 4.79 Å². The normalized spacial score (nSPS) is 13.5. The predicted molar refractivity (Wildman–Crippen MR) is 53.0 cm³/mol. The summed E-state index contributed by atoms with van der Waals surface area (Å²) in [5.74, 6) is -1.23. The highest BCUT2D eigenvalue weighted by Crippen LogP contribution is 2.33. The predicted octanol–water partition coefficient (Wildman–Crippen LogP) is 0.929. The Balaban J connectivity index is 3.04. The topological polar surface area (TPSA) is 77.1 Å². The molecule has 1 aromatic heterocycles. The van der Waals surface area contributed by atoms with Crippen LogP contribution in [0.2, 0.25) is 0 Å². The van der Waals surface area contributed by atoms with Crippen molar-refractivity contribution < 1.29 is 14.6 Å². The van der Waals surface area contributed by atoms with Gasteiger partial charge in [-0.25, -0.2) is 4.98 Å². The second kappa shape index (κ2) is 3.84. The first-order valence-electron chi connectivity index (χ1n) is 4.64. The van der Waals surface area contributed by atoms with Crippen LogP contribution < -0.4 is 4.73 Å². The Morgan fingerprint density at radius 1 is 1.67 bits per heavy atom. The van der Waals surface area contributed by atoms with Crippen LogP contribution in [0.1, 0.15) is 32.4 Å². The summed E-state index contributed by atoms with van der Waals surface area (Å²) in [6, 6.07) is 0. The second-order valence-electron chi connectivity index (χ2n) is 4.09. The average Bonchev–Trinajstić information content (AvgIpc) is 2.16. The molecule has 5 nitrogen and oxygen atoms in total. The second-order valence-corrected chi connectivity index (χ2v) is 4.09. The first-order chi connectivity index (χ1) is 6.85. The minimum atomic E-state index is -0.943. The summed E-state index contributed by atoms with van der Waals surface area (Å²) in [5.41, 5.74) is -0.457. The third-order valence-corrected chi connectivity index (χ3v) is 2.77. The number of hydrogen-bond donors (Lipinski definition) is 1. The van der Waals surface area contributed by atoms with Crippen molar-refractivity contribution in [3.63, 3.8) is 0 Å². The van der Waals surface area contributed by atoms with Crippen molar-refractivity contribution in [1.82, 2.24) is 4.98 Å². The molecule has 1 rings (SSSR count). The van der Waals surface area contributed by atoms with Crippen molar-refractivity contribution >= 4 is 5.97 Å². The van der Waals surface area contributed by atoms with Gasteiger partial charge in [-0.3, -0.25) is 4.79 Å². The highest BCUT2D eigenvalue weighted by Gasteiger charge is 2.36. The molecule has 1 aromatic rings. The first kappa shape index (κ1) is 11.4. The molecule has 1 atom stereocenters. The van der Waals surface area contributed by atoms with E-state index in [1.165, 1.54) is 18.6 Å². The standard InChI is InChI=1S/C10H14N2O3/c1-7(10(2,3)9(13)14)8-6-12(15)5-4-11-8/h4-7H,1-3H3,(H,13,14). The summed E-state index contributed by atoms with van der Waals surface area (Å²) in [5, 5.41) is 20.1. The molecule has 1 heterocycles. The van der Waals surface area contributed by atoms with Crippen LogP contribution in [0.15, 0.2) is 18.6 Å². The van der Waals surface area contributed by atoms with Gasteiger partial charge >= 0.3 is 5.97 Å². The molecular weight excluding hydrogens is 196 g/mol. The van der Waals surface area contributed by atoms with Crippen molar-refractivity contribution in [1.29, 1.82) is 0 Å². The lowest BCUT2D eigenvalue weighted by Gasteiger charge is -2.25. The third kappa shape index (κ3) is 2.23.